The number of rotatable bonds is 4. The van der Waals surface area contributed by atoms with Crippen molar-refractivity contribution >= 4 is 0 Å². The molecule has 0 amide bonds. The Labute approximate surface area is 120 Å². The number of nitrogens with zero attached hydrogens (tertiary/aromatic N) is 1. The van der Waals surface area contributed by atoms with Gasteiger partial charge in [0.05, 0.1) is 0 Å². The van der Waals surface area contributed by atoms with Crippen LogP contribution in [0.1, 0.15) is 65.7 Å². The third kappa shape index (κ3) is 5.07. The lowest BCUT2D eigenvalue weighted by atomic mass is 9.94. The highest BCUT2D eigenvalue weighted by Gasteiger charge is 2.25. The van der Waals surface area contributed by atoms with Gasteiger partial charge in [0.25, 0.3) is 0 Å². The standard InChI is InChI=1S/C17H34N2/c1-14(2)13-19-11-9-16(10-12-19)18-17-8-6-4-5-7-15(17)3/h14-18H,4-13H2,1-3H3. The Kier molecular flexibility index (Phi) is 6.15. The molecule has 0 aromatic heterocycles. The van der Waals surface area contributed by atoms with Gasteiger partial charge in [-0.25, -0.2) is 0 Å². The fraction of sp³-hybridized carbons (Fsp3) is 1.00. The molecular weight excluding hydrogens is 232 g/mol. The molecule has 1 saturated heterocycles. The fourth-order valence-electron chi connectivity index (χ4n) is 3.84. The normalized spacial score (nSPS) is 31.6. The van der Waals surface area contributed by atoms with Crippen LogP contribution >= 0.6 is 0 Å². The van der Waals surface area contributed by atoms with Crippen molar-refractivity contribution in [2.45, 2.75) is 77.8 Å². The molecule has 2 nitrogen and oxygen atoms in total. The van der Waals surface area contributed by atoms with E-state index in [0.29, 0.717) is 0 Å². The Balaban J connectivity index is 1.72. The summed E-state index contributed by atoms with van der Waals surface area (Å²) >= 11 is 0. The van der Waals surface area contributed by atoms with Gasteiger partial charge in [-0.3, -0.25) is 0 Å². The van der Waals surface area contributed by atoms with Crippen molar-refractivity contribution in [1.82, 2.24) is 10.2 Å². The molecule has 1 saturated carbocycles. The Bertz CT molecular complexity index is 244. The van der Waals surface area contributed by atoms with E-state index < -0.39 is 0 Å². The van der Waals surface area contributed by atoms with Crippen LogP contribution in [-0.4, -0.2) is 36.6 Å². The second kappa shape index (κ2) is 7.64. The average molecular weight is 266 g/mol. The molecule has 2 atom stereocenters. The summed E-state index contributed by atoms with van der Waals surface area (Å²) in [6.45, 7) is 11.0. The van der Waals surface area contributed by atoms with Crippen LogP contribution in [0.3, 0.4) is 0 Å². The molecule has 0 bridgehead atoms. The van der Waals surface area contributed by atoms with E-state index in [1.165, 1.54) is 64.6 Å². The Morgan fingerprint density at radius 3 is 2.37 bits per heavy atom. The van der Waals surface area contributed by atoms with E-state index in [1.807, 2.05) is 0 Å². The molecule has 1 aliphatic heterocycles. The van der Waals surface area contributed by atoms with Gasteiger partial charge in [0.1, 0.15) is 0 Å². The predicted octanol–water partition coefficient (Wildman–Crippen LogP) is 3.67. The van der Waals surface area contributed by atoms with Crippen LogP contribution in [0.25, 0.3) is 0 Å². The highest BCUT2D eigenvalue weighted by atomic mass is 15.1. The summed E-state index contributed by atoms with van der Waals surface area (Å²) in [6.07, 6.45) is 9.90. The van der Waals surface area contributed by atoms with E-state index in [1.54, 1.807) is 0 Å². The van der Waals surface area contributed by atoms with Gasteiger partial charge in [0, 0.05) is 18.6 Å². The Morgan fingerprint density at radius 1 is 1.00 bits per heavy atom. The van der Waals surface area contributed by atoms with E-state index in [2.05, 4.69) is 31.0 Å². The second-order valence-electron chi connectivity index (χ2n) is 7.36. The zero-order valence-corrected chi connectivity index (χ0v) is 13.3. The Morgan fingerprint density at radius 2 is 1.68 bits per heavy atom. The van der Waals surface area contributed by atoms with Gasteiger partial charge < -0.3 is 10.2 Å². The molecule has 1 aliphatic carbocycles. The Hall–Kier alpha value is -0.0800. The average Bonchev–Trinajstić information content (AvgIpc) is 2.57. The summed E-state index contributed by atoms with van der Waals surface area (Å²) in [5.41, 5.74) is 0. The van der Waals surface area contributed by atoms with Crippen LogP contribution < -0.4 is 5.32 Å². The van der Waals surface area contributed by atoms with Crippen LogP contribution in [0.4, 0.5) is 0 Å². The second-order valence-corrected chi connectivity index (χ2v) is 7.36. The molecule has 0 aromatic rings. The molecule has 2 unspecified atom stereocenters. The molecule has 2 aliphatic rings. The zero-order valence-electron chi connectivity index (χ0n) is 13.3. The largest absolute Gasteiger partial charge is 0.311 e. The van der Waals surface area contributed by atoms with Gasteiger partial charge in [0.2, 0.25) is 0 Å². The van der Waals surface area contributed by atoms with Crippen molar-refractivity contribution < 1.29 is 0 Å². The molecule has 112 valence electrons. The summed E-state index contributed by atoms with van der Waals surface area (Å²) in [5, 5.41) is 3.99. The minimum Gasteiger partial charge on any atom is -0.311 e. The highest BCUT2D eigenvalue weighted by molar-refractivity contribution is 4.84. The maximum Gasteiger partial charge on any atom is 0.00953 e. The lowest BCUT2D eigenvalue weighted by Crippen LogP contribution is -2.48. The fourth-order valence-corrected chi connectivity index (χ4v) is 3.84. The van der Waals surface area contributed by atoms with E-state index >= 15 is 0 Å². The summed E-state index contributed by atoms with van der Waals surface area (Å²) in [6, 6.07) is 1.58. The van der Waals surface area contributed by atoms with Gasteiger partial charge >= 0.3 is 0 Å². The van der Waals surface area contributed by atoms with Gasteiger partial charge in [-0.1, -0.05) is 40.0 Å². The smallest absolute Gasteiger partial charge is 0.00953 e. The first-order chi connectivity index (χ1) is 9.15. The van der Waals surface area contributed by atoms with Crippen molar-refractivity contribution in [3.63, 3.8) is 0 Å². The van der Waals surface area contributed by atoms with Crippen LogP contribution in [0.15, 0.2) is 0 Å². The number of hydrogen-bond donors (Lipinski definition) is 1. The molecule has 1 heterocycles. The monoisotopic (exact) mass is 266 g/mol. The van der Waals surface area contributed by atoms with Crippen LogP contribution in [-0.2, 0) is 0 Å². The minimum absolute atomic E-state index is 0.786. The number of hydrogen-bond acceptors (Lipinski definition) is 2. The first kappa shape index (κ1) is 15.3. The molecule has 0 radical (unpaired) electrons. The molecule has 0 aromatic carbocycles. The van der Waals surface area contributed by atoms with Gasteiger partial charge in [0.15, 0.2) is 0 Å². The first-order valence-corrected chi connectivity index (χ1v) is 8.63. The van der Waals surface area contributed by atoms with Crippen molar-refractivity contribution in [3.8, 4) is 0 Å². The number of likely N-dealkylation sites (tertiary alicyclic amines) is 1. The third-order valence-corrected chi connectivity index (χ3v) is 5.02. The van der Waals surface area contributed by atoms with E-state index in [0.717, 1.165) is 23.9 Å². The van der Waals surface area contributed by atoms with E-state index in [4.69, 9.17) is 0 Å². The minimum atomic E-state index is 0.786. The summed E-state index contributed by atoms with van der Waals surface area (Å²) in [4.78, 5) is 2.65. The lowest BCUT2D eigenvalue weighted by Gasteiger charge is -2.36. The van der Waals surface area contributed by atoms with E-state index in [-0.39, 0.29) is 0 Å². The summed E-state index contributed by atoms with van der Waals surface area (Å²) in [5.74, 6) is 1.70. The number of nitrogens with one attached hydrogen (secondary N) is 1. The third-order valence-electron chi connectivity index (χ3n) is 5.02. The van der Waals surface area contributed by atoms with Crippen molar-refractivity contribution in [2.75, 3.05) is 19.6 Å². The predicted molar refractivity (Wildman–Crippen MR) is 83.5 cm³/mol. The maximum absolute atomic E-state index is 3.99. The van der Waals surface area contributed by atoms with Gasteiger partial charge in [-0.05, 0) is 50.6 Å². The van der Waals surface area contributed by atoms with Crippen LogP contribution in [0, 0.1) is 11.8 Å². The van der Waals surface area contributed by atoms with Crippen LogP contribution in [0.5, 0.6) is 0 Å². The van der Waals surface area contributed by atoms with Crippen molar-refractivity contribution in [3.05, 3.63) is 0 Å². The van der Waals surface area contributed by atoms with Crippen molar-refractivity contribution in [1.29, 1.82) is 0 Å². The highest BCUT2D eigenvalue weighted by Crippen LogP contribution is 2.24. The van der Waals surface area contributed by atoms with Gasteiger partial charge in [-0.15, -0.1) is 0 Å². The first-order valence-electron chi connectivity index (χ1n) is 8.63. The summed E-state index contributed by atoms with van der Waals surface area (Å²) < 4.78 is 0. The SMILES string of the molecule is CC(C)CN1CCC(NC2CCCCCC2C)CC1. The lowest BCUT2D eigenvalue weighted by molar-refractivity contribution is 0.166. The zero-order chi connectivity index (χ0) is 13.7. The summed E-state index contributed by atoms with van der Waals surface area (Å²) in [7, 11) is 0. The molecule has 19 heavy (non-hydrogen) atoms. The maximum atomic E-state index is 3.99. The molecular formula is C17H34N2. The molecule has 0 spiro atoms. The molecule has 1 N–H and O–H groups in total. The van der Waals surface area contributed by atoms with E-state index in [9.17, 15) is 0 Å². The topological polar surface area (TPSA) is 15.3 Å². The van der Waals surface area contributed by atoms with Crippen molar-refractivity contribution in [2.24, 2.45) is 11.8 Å². The molecule has 2 rings (SSSR count). The molecule has 2 heteroatoms. The van der Waals surface area contributed by atoms with Gasteiger partial charge in [-0.2, -0.15) is 0 Å². The van der Waals surface area contributed by atoms with Crippen LogP contribution in [0.2, 0.25) is 0 Å². The quantitative estimate of drug-likeness (QED) is 0.781. The molecule has 2 fully saturated rings. The number of piperidine rings is 1.